The van der Waals surface area contributed by atoms with E-state index in [4.69, 9.17) is 13.9 Å². The molecule has 1 saturated heterocycles. The van der Waals surface area contributed by atoms with Crippen LogP contribution in [0.3, 0.4) is 0 Å². The van der Waals surface area contributed by atoms with Gasteiger partial charge < -0.3 is 18.8 Å². The Labute approximate surface area is 213 Å². The summed E-state index contributed by atoms with van der Waals surface area (Å²) in [6.07, 6.45) is 1.18. The molecule has 200 valence electrons. The molecule has 2 heterocycles. The average Bonchev–Trinajstić information content (AvgIpc) is 3.03. The number of hydrogen-bond donors (Lipinski definition) is 0. The van der Waals surface area contributed by atoms with Crippen molar-refractivity contribution < 1.29 is 31.9 Å². The van der Waals surface area contributed by atoms with Crippen LogP contribution in [0, 0.1) is 0 Å². The Morgan fingerprint density at radius 3 is 2.53 bits per heavy atom. The number of nitrogens with zero attached hydrogens (tertiary/aromatic N) is 1. The second kappa shape index (κ2) is 13.4. The van der Waals surface area contributed by atoms with Crippen LogP contribution < -0.4 is 10.4 Å². The maximum atomic E-state index is 13.7. The number of carbonyl (C=O) groups excluding carboxylic acids is 1. The molecular formula is C26H34F3NO5S. The van der Waals surface area contributed by atoms with E-state index >= 15 is 0 Å². The Morgan fingerprint density at radius 2 is 1.81 bits per heavy atom. The average molecular weight is 530 g/mol. The third-order valence-electron chi connectivity index (χ3n) is 6.01. The number of halogens is 3. The molecule has 1 aromatic carbocycles. The number of alkyl halides is 3. The van der Waals surface area contributed by atoms with Gasteiger partial charge in [0, 0.05) is 29.3 Å². The van der Waals surface area contributed by atoms with Crippen LogP contribution in [-0.4, -0.2) is 42.4 Å². The number of benzene rings is 1. The minimum absolute atomic E-state index is 0.0336. The first-order valence-electron chi connectivity index (χ1n) is 12.6. The number of ether oxygens (including phenoxy) is 2. The van der Waals surface area contributed by atoms with Crippen molar-refractivity contribution in [2.45, 2.75) is 71.4 Å². The quantitative estimate of drug-likeness (QED) is 0.223. The molecule has 0 bridgehead atoms. The van der Waals surface area contributed by atoms with Gasteiger partial charge in [0.05, 0.1) is 18.8 Å². The Hall–Kier alpha value is -2.20. The van der Waals surface area contributed by atoms with Gasteiger partial charge >= 0.3 is 11.8 Å². The molecule has 0 unspecified atom stereocenters. The highest BCUT2D eigenvalue weighted by Gasteiger charge is 2.35. The second-order valence-corrected chi connectivity index (χ2v) is 9.92. The van der Waals surface area contributed by atoms with Gasteiger partial charge in [-0.2, -0.15) is 13.2 Å². The number of fused-ring (bicyclic) bond motifs is 1. The number of unbranched alkanes of at least 4 members (excludes halogenated alkanes) is 3. The molecule has 1 fully saturated rings. The van der Waals surface area contributed by atoms with Crippen molar-refractivity contribution in [3.8, 4) is 5.75 Å². The lowest BCUT2D eigenvalue weighted by molar-refractivity contribution is -0.136. The fraction of sp³-hybridized carbons (Fsp3) is 0.615. The molecule has 0 radical (unpaired) electrons. The van der Waals surface area contributed by atoms with Gasteiger partial charge in [0.2, 0.25) is 0 Å². The fourth-order valence-corrected chi connectivity index (χ4v) is 5.05. The van der Waals surface area contributed by atoms with Crippen LogP contribution in [0.25, 0.3) is 11.0 Å². The second-order valence-electron chi connectivity index (χ2n) is 8.87. The minimum atomic E-state index is -4.66. The molecule has 0 aliphatic carbocycles. The Kier molecular flexibility index (Phi) is 10.5. The van der Waals surface area contributed by atoms with E-state index in [0.717, 1.165) is 32.1 Å². The number of thioether (sulfide) groups is 1. The predicted molar refractivity (Wildman–Crippen MR) is 135 cm³/mol. The normalized spacial score (nSPS) is 14.9. The van der Waals surface area contributed by atoms with Gasteiger partial charge in [0.25, 0.3) is 5.24 Å². The molecule has 0 saturated carbocycles. The summed E-state index contributed by atoms with van der Waals surface area (Å²) >= 11 is 1.28. The van der Waals surface area contributed by atoms with E-state index in [-0.39, 0.29) is 16.2 Å². The molecule has 1 amide bonds. The van der Waals surface area contributed by atoms with Crippen molar-refractivity contribution in [3.05, 3.63) is 39.2 Å². The van der Waals surface area contributed by atoms with Crippen molar-refractivity contribution >= 4 is 28.0 Å². The first-order valence-corrected chi connectivity index (χ1v) is 13.6. The Balaban J connectivity index is 1.70. The summed E-state index contributed by atoms with van der Waals surface area (Å²) in [6, 6.07) is 2.00. The standard InChI is InChI=1S/C26H34F3NO5S/c1-3-9-18-15-20-21(26(27,28)29)16-22(31)35-24(20)19(10-4-2)23(18)34-12-8-6-5-7-11-30-17-33-13-14-36-25(30)32/h15-16H,3-14,17H2,1-2H3. The summed E-state index contributed by atoms with van der Waals surface area (Å²) in [4.78, 5) is 25.7. The van der Waals surface area contributed by atoms with E-state index in [2.05, 4.69) is 0 Å². The fourth-order valence-electron chi connectivity index (χ4n) is 4.35. The van der Waals surface area contributed by atoms with Crippen LogP contribution in [0.1, 0.15) is 69.1 Å². The first kappa shape index (κ1) is 28.4. The van der Waals surface area contributed by atoms with Crippen molar-refractivity contribution in [2.75, 3.05) is 32.2 Å². The minimum Gasteiger partial charge on any atom is -0.493 e. The topological polar surface area (TPSA) is 69.0 Å². The zero-order valence-electron chi connectivity index (χ0n) is 20.9. The highest BCUT2D eigenvalue weighted by molar-refractivity contribution is 8.13. The van der Waals surface area contributed by atoms with E-state index in [1.807, 2.05) is 13.8 Å². The van der Waals surface area contributed by atoms with Gasteiger partial charge in [-0.1, -0.05) is 51.3 Å². The van der Waals surface area contributed by atoms with Crippen molar-refractivity contribution in [1.82, 2.24) is 4.90 Å². The van der Waals surface area contributed by atoms with Gasteiger partial charge in [-0.25, -0.2) is 4.79 Å². The summed E-state index contributed by atoms with van der Waals surface area (Å²) in [5.74, 6) is 1.22. The largest absolute Gasteiger partial charge is 0.493 e. The van der Waals surface area contributed by atoms with Crippen LogP contribution in [0.15, 0.2) is 21.3 Å². The number of carbonyl (C=O) groups is 1. The number of rotatable bonds is 12. The van der Waals surface area contributed by atoms with Crippen LogP contribution in [0.4, 0.5) is 18.0 Å². The molecule has 0 spiro atoms. The first-order chi connectivity index (χ1) is 17.3. The molecule has 1 aliphatic rings. The SMILES string of the molecule is CCCc1cc2c(C(F)(F)F)cc(=O)oc2c(CCC)c1OCCCCCCN1COCCSC1=O. The van der Waals surface area contributed by atoms with Crippen LogP contribution >= 0.6 is 11.8 Å². The molecule has 1 aromatic heterocycles. The summed E-state index contributed by atoms with van der Waals surface area (Å²) in [6.45, 7) is 5.86. The summed E-state index contributed by atoms with van der Waals surface area (Å²) < 4.78 is 58.0. The number of amides is 1. The molecule has 0 atom stereocenters. The summed E-state index contributed by atoms with van der Waals surface area (Å²) in [5.41, 5.74) is -0.799. The zero-order chi connectivity index (χ0) is 26.1. The third-order valence-corrected chi connectivity index (χ3v) is 6.89. The van der Waals surface area contributed by atoms with Crippen LogP contribution in [0.5, 0.6) is 5.75 Å². The third kappa shape index (κ3) is 7.41. The highest BCUT2D eigenvalue weighted by atomic mass is 32.2. The van der Waals surface area contributed by atoms with E-state index < -0.39 is 17.4 Å². The molecule has 2 aromatic rings. The van der Waals surface area contributed by atoms with Gasteiger partial charge in [-0.05, 0) is 37.3 Å². The lowest BCUT2D eigenvalue weighted by atomic mass is 9.96. The molecule has 1 aliphatic heterocycles. The van der Waals surface area contributed by atoms with E-state index in [9.17, 15) is 22.8 Å². The van der Waals surface area contributed by atoms with Crippen LogP contribution in [-0.2, 0) is 23.8 Å². The van der Waals surface area contributed by atoms with Gasteiger partial charge in [-0.3, -0.25) is 4.79 Å². The molecule has 10 heteroatoms. The van der Waals surface area contributed by atoms with Crippen molar-refractivity contribution in [3.63, 3.8) is 0 Å². The molecule has 0 N–H and O–H groups in total. The predicted octanol–water partition coefficient (Wildman–Crippen LogP) is 6.80. The molecule has 3 rings (SSSR count). The monoisotopic (exact) mass is 529 g/mol. The van der Waals surface area contributed by atoms with E-state index in [0.29, 0.717) is 74.4 Å². The zero-order valence-corrected chi connectivity index (χ0v) is 21.7. The van der Waals surface area contributed by atoms with Crippen molar-refractivity contribution in [1.29, 1.82) is 0 Å². The van der Waals surface area contributed by atoms with Crippen molar-refractivity contribution in [2.24, 2.45) is 0 Å². The lowest BCUT2D eigenvalue weighted by Crippen LogP contribution is -2.29. The lowest BCUT2D eigenvalue weighted by Gasteiger charge is -2.20. The molecule has 36 heavy (non-hydrogen) atoms. The molecule has 6 nitrogen and oxygen atoms in total. The van der Waals surface area contributed by atoms with Gasteiger partial charge in [0.15, 0.2) is 0 Å². The summed E-state index contributed by atoms with van der Waals surface area (Å²) in [5, 5.41) is -0.0362. The Bertz CT molecular complexity index is 1090. The maximum Gasteiger partial charge on any atom is 0.417 e. The maximum absolute atomic E-state index is 13.7. The van der Waals surface area contributed by atoms with Crippen LogP contribution in [0.2, 0.25) is 0 Å². The smallest absolute Gasteiger partial charge is 0.417 e. The Morgan fingerprint density at radius 1 is 1.06 bits per heavy atom. The van der Waals surface area contributed by atoms with Gasteiger partial charge in [-0.15, -0.1) is 0 Å². The van der Waals surface area contributed by atoms with E-state index in [1.165, 1.54) is 17.8 Å². The number of aryl methyl sites for hydroxylation is 2. The molecular weight excluding hydrogens is 495 g/mol. The summed E-state index contributed by atoms with van der Waals surface area (Å²) in [7, 11) is 0. The highest BCUT2D eigenvalue weighted by Crippen LogP contribution is 2.40. The number of hydrogen-bond acceptors (Lipinski definition) is 6. The van der Waals surface area contributed by atoms with E-state index in [1.54, 1.807) is 4.90 Å². The van der Waals surface area contributed by atoms with Gasteiger partial charge in [0.1, 0.15) is 18.1 Å².